The zero-order chi connectivity index (χ0) is 21.9. The molecule has 0 unspecified atom stereocenters. The summed E-state index contributed by atoms with van der Waals surface area (Å²) in [4.78, 5) is 30.4. The molecule has 0 bridgehead atoms. The van der Waals surface area contributed by atoms with Gasteiger partial charge in [0.05, 0.1) is 38.1 Å². The van der Waals surface area contributed by atoms with Crippen LogP contribution in [-0.2, 0) is 9.47 Å². The minimum Gasteiger partial charge on any atom is -0.378 e. The van der Waals surface area contributed by atoms with Crippen molar-refractivity contribution in [3.8, 4) is 0 Å². The van der Waals surface area contributed by atoms with Crippen LogP contribution < -0.4 is 10.2 Å². The van der Waals surface area contributed by atoms with Crippen molar-refractivity contribution in [2.45, 2.75) is 6.92 Å². The van der Waals surface area contributed by atoms with Gasteiger partial charge in [-0.15, -0.1) is 0 Å². The lowest BCUT2D eigenvalue weighted by atomic mass is 10.1. The number of rotatable bonds is 4. The number of hydrogen-bond donors (Lipinski definition) is 1. The maximum atomic E-state index is 12.9. The van der Waals surface area contributed by atoms with Crippen molar-refractivity contribution in [1.82, 2.24) is 19.9 Å². The number of ether oxygens (including phenoxy) is 2. The average molecular weight is 435 g/mol. The Morgan fingerprint density at radius 1 is 0.969 bits per heavy atom. The Labute approximate surface area is 186 Å². The van der Waals surface area contributed by atoms with E-state index in [1.807, 2.05) is 36.1 Å². The van der Waals surface area contributed by atoms with Crippen molar-refractivity contribution in [3.63, 3.8) is 0 Å². The third-order valence-corrected chi connectivity index (χ3v) is 5.88. The van der Waals surface area contributed by atoms with Gasteiger partial charge in [0, 0.05) is 42.8 Å². The molecule has 1 aromatic carbocycles. The van der Waals surface area contributed by atoms with Gasteiger partial charge in [-0.2, -0.15) is 0 Å². The van der Waals surface area contributed by atoms with E-state index in [0.29, 0.717) is 50.9 Å². The van der Waals surface area contributed by atoms with E-state index >= 15 is 0 Å². The minimum absolute atomic E-state index is 0.0164. The molecule has 2 aromatic heterocycles. The number of fused-ring (bicyclic) bond motifs is 1. The molecule has 5 rings (SSSR count). The second-order valence-electron chi connectivity index (χ2n) is 7.94. The summed E-state index contributed by atoms with van der Waals surface area (Å²) < 4.78 is 10.8. The van der Waals surface area contributed by atoms with Crippen LogP contribution in [0, 0.1) is 6.92 Å². The lowest BCUT2D eigenvalue weighted by Crippen LogP contribution is -2.40. The fourth-order valence-corrected chi connectivity index (χ4v) is 3.98. The van der Waals surface area contributed by atoms with Crippen LogP contribution in [0.5, 0.6) is 0 Å². The minimum atomic E-state index is 0.0164. The molecule has 0 saturated carbocycles. The summed E-state index contributed by atoms with van der Waals surface area (Å²) in [5.41, 5.74) is 3.28. The predicted molar refractivity (Wildman–Crippen MR) is 122 cm³/mol. The summed E-state index contributed by atoms with van der Waals surface area (Å²) in [6, 6.07) is 7.74. The number of carbonyl (C=O) groups is 1. The van der Waals surface area contributed by atoms with E-state index in [4.69, 9.17) is 9.47 Å². The summed E-state index contributed by atoms with van der Waals surface area (Å²) in [7, 11) is 0. The van der Waals surface area contributed by atoms with Crippen LogP contribution in [0.1, 0.15) is 15.9 Å². The summed E-state index contributed by atoms with van der Waals surface area (Å²) in [5, 5.41) is 4.31. The molecular weight excluding hydrogens is 408 g/mol. The maximum Gasteiger partial charge on any atom is 0.254 e. The van der Waals surface area contributed by atoms with Crippen molar-refractivity contribution in [2.75, 3.05) is 62.8 Å². The summed E-state index contributed by atoms with van der Waals surface area (Å²) in [5.74, 6) is 1.58. The average Bonchev–Trinajstić information content (AvgIpc) is 2.86. The summed E-state index contributed by atoms with van der Waals surface area (Å²) in [6.07, 6.45) is 3.30. The molecule has 3 aromatic rings. The number of pyridine rings is 1. The number of aromatic nitrogens is 3. The van der Waals surface area contributed by atoms with Crippen LogP contribution in [0.15, 0.2) is 36.8 Å². The monoisotopic (exact) mass is 434 g/mol. The Bertz CT molecular complexity index is 1130. The second-order valence-corrected chi connectivity index (χ2v) is 7.94. The first-order chi connectivity index (χ1) is 15.7. The van der Waals surface area contributed by atoms with E-state index in [1.54, 1.807) is 6.20 Å². The van der Waals surface area contributed by atoms with Crippen molar-refractivity contribution in [3.05, 3.63) is 47.9 Å². The number of amides is 1. The SMILES string of the molecule is Cc1ccc(C(=O)N2CCOCC2)cc1Nc1ncnc2cnc(N3CCOCC3)cc12. The quantitative estimate of drug-likeness (QED) is 0.669. The molecule has 1 N–H and O–H groups in total. The number of hydrogen-bond acceptors (Lipinski definition) is 8. The van der Waals surface area contributed by atoms with Crippen LogP contribution in [0.25, 0.3) is 10.9 Å². The van der Waals surface area contributed by atoms with E-state index in [1.165, 1.54) is 6.33 Å². The molecule has 1 amide bonds. The van der Waals surface area contributed by atoms with E-state index in [9.17, 15) is 4.79 Å². The molecule has 2 fully saturated rings. The zero-order valence-electron chi connectivity index (χ0n) is 18.1. The van der Waals surface area contributed by atoms with Gasteiger partial charge in [0.1, 0.15) is 18.0 Å². The molecule has 0 atom stereocenters. The fourth-order valence-electron chi connectivity index (χ4n) is 3.98. The topological polar surface area (TPSA) is 92.7 Å². The first-order valence-electron chi connectivity index (χ1n) is 10.9. The highest BCUT2D eigenvalue weighted by Crippen LogP contribution is 2.28. The van der Waals surface area contributed by atoms with Crippen molar-refractivity contribution in [2.24, 2.45) is 0 Å². The number of anilines is 3. The molecule has 2 aliphatic heterocycles. The van der Waals surface area contributed by atoms with Crippen LogP contribution in [0.4, 0.5) is 17.3 Å². The van der Waals surface area contributed by atoms with Crippen LogP contribution in [0.2, 0.25) is 0 Å². The Morgan fingerprint density at radius 2 is 1.72 bits per heavy atom. The highest BCUT2D eigenvalue weighted by Gasteiger charge is 2.20. The normalized spacial score (nSPS) is 16.9. The van der Waals surface area contributed by atoms with Gasteiger partial charge in [-0.25, -0.2) is 15.0 Å². The van der Waals surface area contributed by atoms with Crippen molar-refractivity contribution < 1.29 is 14.3 Å². The first kappa shape index (κ1) is 20.6. The van der Waals surface area contributed by atoms with E-state index < -0.39 is 0 Å². The number of benzene rings is 1. The van der Waals surface area contributed by atoms with Gasteiger partial charge in [-0.05, 0) is 30.7 Å². The van der Waals surface area contributed by atoms with Gasteiger partial charge in [-0.1, -0.05) is 6.07 Å². The standard InChI is InChI=1S/C23H26N6O3/c1-16-2-3-17(23(30)29-6-10-32-11-7-29)12-19(16)27-22-18-13-21(28-4-8-31-9-5-28)24-14-20(18)25-15-26-22/h2-3,12-15H,4-11H2,1H3,(H,25,26,27). The number of aryl methyl sites for hydroxylation is 1. The lowest BCUT2D eigenvalue weighted by Gasteiger charge is -2.28. The molecule has 32 heavy (non-hydrogen) atoms. The van der Waals surface area contributed by atoms with Crippen molar-refractivity contribution >= 4 is 34.1 Å². The Hall–Kier alpha value is -3.30. The smallest absolute Gasteiger partial charge is 0.254 e. The molecular formula is C23H26N6O3. The number of nitrogens with one attached hydrogen (secondary N) is 1. The van der Waals surface area contributed by atoms with E-state index in [-0.39, 0.29) is 5.91 Å². The molecule has 0 aliphatic carbocycles. The van der Waals surface area contributed by atoms with Crippen LogP contribution in [-0.4, -0.2) is 78.4 Å². The Morgan fingerprint density at radius 3 is 2.50 bits per heavy atom. The van der Waals surface area contributed by atoms with Gasteiger partial charge in [0.25, 0.3) is 5.91 Å². The number of carbonyl (C=O) groups excluding carboxylic acids is 1. The highest BCUT2D eigenvalue weighted by molar-refractivity contribution is 5.96. The third-order valence-electron chi connectivity index (χ3n) is 5.88. The number of morpholine rings is 2. The molecule has 4 heterocycles. The van der Waals surface area contributed by atoms with Gasteiger partial charge in [0.2, 0.25) is 0 Å². The van der Waals surface area contributed by atoms with Gasteiger partial charge in [-0.3, -0.25) is 4.79 Å². The first-order valence-corrected chi connectivity index (χ1v) is 10.9. The van der Waals surface area contributed by atoms with Crippen molar-refractivity contribution in [1.29, 1.82) is 0 Å². The van der Waals surface area contributed by atoms with Crippen LogP contribution >= 0.6 is 0 Å². The summed E-state index contributed by atoms with van der Waals surface area (Å²) >= 11 is 0. The summed E-state index contributed by atoms with van der Waals surface area (Å²) in [6.45, 7) is 7.39. The fraction of sp³-hybridized carbons (Fsp3) is 0.391. The van der Waals surface area contributed by atoms with E-state index in [0.717, 1.165) is 41.1 Å². The third kappa shape index (κ3) is 4.21. The predicted octanol–water partition coefficient (Wildman–Crippen LogP) is 2.39. The zero-order valence-corrected chi connectivity index (χ0v) is 18.1. The molecule has 0 spiro atoms. The van der Waals surface area contributed by atoms with Gasteiger partial charge < -0.3 is 24.6 Å². The molecule has 0 radical (unpaired) electrons. The molecule has 166 valence electrons. The highest BCUT2D eigenvalue weighted by atomic mass is 16.5. The van der Waals surface area contributed by atoms with Gasteiger partial charge >= 0.3 is 0 Å². The molecule has 2 saturated heterocycles. The largest absolute Gasteiger partial charge is 0.378 e. The van der Waals surface area contributed by atoms with Crippen LogP contribution in [0.3, 0.4) is 0 Å². The molecule has 2 aliphatic rings. The maximum absolute atomic E-state index is 12.9. The number of nitrogens with zero attached hydrogens (tertiary/aromatic N) is 5. The Balaban J connectivity index is 1.45. The second kappa shape index (κ2) is 9.05. The molecule has 9 nitrogen and oxygen atoms in total. The molecule has 9 heteroatoms. The van der Waals surface area contributed by atoms with E-state index in [2.05, 4.69) is 25.2 Å². The lowest BCUT2D eigenvalue weighted by molar-refractivity contribution is 0.0303. The van der Waals surface area contributed by atoms with Gasteiger partial charge in [0.15, 0.2) is 0 Å². The Kier molecular flexibility index (Phi) is 5.83.